The summed E-state index contributed by atoms with van der Waals surface area (Å²) in [5, 5.41) is 3.25. The predicted octanol–water partition coefficient (Wildman–Crippen LogP) is 4.09. The van der Waals surface area contributed by atoms with Crippen molar-refractivity contribution in [1.82, 2.24) is 5.32 Å². The van der Waals surface area contributed by atoms with Gasteiger partial charge in [0, 0.05) is 5.92 Å². The summed E-state index contributed by atoms with van der Waals surface area (Å²) in [6.07, 6.45) is 3.88. The number of rotatable bonds is 6. The number of carbonyl (C=O) groups is 1. The maximum atomic E-state index is 13.3. The van der Waals surface area contributed by atoms with Gasteiger partial charge in [0.05, 0.1) is 17.6 Å². The molecule has 176 valence electrons. The molecular formula is C25H38BClN2O3. The molecule has 1 amide bonds. The predicted molar refractivity (Wildman–Crippen MR) is 129 cm³/mol. The van der Waals surface area contributed by atoms with Gasteiger partial charge in [-0.1, -0.05) is 58.0 Å². The molecule has 0 unspecified atom stereocenters. The smallest absolute Gasteiger partial charge is 0.404 e. The molecule has 0 radical (unpaired) electrons. The van der Waals surface area contributed by atoms with Gasteiger partial charge in [-0.05, 0) is 61.3 Å². The Kier molecular flexibility index (Phi) is 6.02. The van der Waals surface area contributed by atoms with Gasteiger partial charge in [-0.2, -0.15) is 0 Å². The van der Waals surface area contributed by atoms with Gasteiger partial charge in [0.1, 0.15) is 5.54 Å². The van der Waals surface area contributed by atoms with Crippen molar-refractivity contribution in [1.29, 1.82) is 0 Å². The van der Waals surface area contributed by atoms with E-state index in [2.05, 4.69) is 52.1 Å². The highest BCUT2D eigenvalue weighted by molar-refractivity contribution is 6.48. The average molecular weight is 461 g/mol. The summed E-state index contributed by atoms with van der Waals surface area (Å²) in [5.74, 6) is 1.44. The highest BCUT2D eigenvalue weighted by atomic mass is 35.5. The molecule has 7 heteroatoms. The third-order valence-electron chi connectivity index (χ3n) is 8.97. The Morgan fingerprint density at radius 3 is 2.53 bits per heavy atom. The van der Waals surface area contributed by atoms with Gasteiger partial charge in [0.25, 0.3) is 0 Å². The van der Waals surface area contributed by atoms with Crippen LogP contribution in [0, 0.1) is 23.2 Å². The molecule has 1 aromatic carbocycles. The number of amides is 1. The fourth-order valence-corrected chi connectivity index (χ4v) is 6.75. The Hall–Kier alpha value is -1.08. The molecular weight excluding hydrogens is 423 g/mol. The molecule has 2 bridgehead atoms. The molecule has 6 rings (SSSR count). The normalized spacial score (nSPS) is 39.5. The quantitative estimate of drug-likeness (QED) is 0.627. The van der Waals surface area contributed by atoms with E-state index >= 15 is 0 Å². The van der Waals surface area contributed by atoms with Crippen LogP contribution in [0.4, 0.5) is 0 Å². The fraction of sp³-hybridized carbons (Fsp3) is 0.720. The molecule has 1 heterocycles. The molecule has 5 fully saturated rings. The molecule has 7 atom stereocenters. The lowest BCUT2D eigenvalue weighted by atomic mass is 9.43. The second-order valence-electron chi connectivity index (χ2n) is 11.8. The highest BCUT2D eigenvalue weighted by Gasteiger charge is 2.69. The fourth-order valence-electron chi connectivity index (χ4n) is 6.75. The molecule has 4 saturated carbocycles. The van der Waals surface area contributed by atoms with Gasteiger partial charge in [-0.15, -0.1) is 12.4 Å². The third-order valence-corrected chi connectivity index (χ3v) is 8.97. The van der Waals surface area contributed by atoms with E-state index in [0.717, 1.165) is 18.4 Å². The molecule has 1 aliphatic heterocycles. The molecule has 32 heavy (non-hydrogen) atoms. The van der Waals surface area contributed by atoms with Crippen molar-refractivity contribution in [3.05, 3.63) is 35.9 Å². The minimum atomic E-state index is -0.838. The van der Waals surface area contributed by atoms with Crippen molar-refractivity contribution in [2.45, 2.75) is 89.4 Å². The number of halogens is 1. The van der Waals surface area contributed by atoms with E-state index in [1.807, 2.05) is 18.2 Å². The summed E-state index contributed by atoms with van der Waals surface area (Å²) in [6.45, 7) is 11.3. The Labute approximate surface area is 199 Å². The topological polar surface area (TPSA) is 73.6 Å². The number of nitrogens with two attached hydrogens (primary N) is 1. The van der Waals surface area contributed by atoms with Gasteiger partial charge in [-0.3, -0.25) is 4.79 Å². The summed E-state index contributed by atoms with van der Waals surface area (Å²) in [7, 11) is -0.408. The Morgan fingerprint density at radius 1 is 1.22 bits per heavy atom. The van der Waals surface area contributed by atoms with Crippen LogP contribution in [0.1, 0.15) is 71.8 Å². The largest absolute Gasteiger partial charge is 0.481 e. The van der Waals surface area contributed by atoms with E-state index in [9.17, 15) is 4.79 Å². The molecule has 1 saturated heterocycles. The van der Waals surface area contributed by atoms with Crippen molar-refractivity contribution in [2.24, 2.45) is 28.9 Å². The lowest BCUT2D eigenvalue weighted by molar-refractivity contribution is -0.199. The van der Waals surface area contributed by atoms with E-state index in [0.29, 0.717) is 29.6 Å². The molecule has 0 aromatic heterocycles. The minimum Gasteiger partial charge on any atom is -0.404 e. The maximum Gasteiger partial charge on any atom is 0.481 e. The average Bonchev–Trinajstić information content (AvgIpc) is 3.28. The first-order valence-corrected chi connectivity index (χ1v) is 12.0. The van der Waals surface area contributed by atoms with Crippen molar-refractivity contribution >= 4 is 25.4 Å². The number of benzene rings is 1. The first-order chi connectivity index (χ1) is 14.6. The number of nitrogens with one attached hydrogen (secondary N) is 1. The van der Waals surface area contributed by atoms with Gasteiger partial charge in [0.15, 0.2) is 0 Å². The maximum absolute atomic E-state index is 13.3. The van der Waals surface area contributed by atoms with Gasteiger partial charge in [-0.25, -0.2) is 0 Å². The van der Waals surface area contributed by atoms with Crippen molar-refractivity contribution in [3.8, 4) is 0 Å². The van der Waals surface area contributed by atoms with Crippen LogP contribution >= 0.6 is 12.4 Å². The monoisotopic (exact) mass is 460 g/mol. The Morgan fingerprint density at radius 2 is 1.91 bits per heavy atom. The third kappa shape index (κ3) is 3.62. The summed E-state index contributed by atoms with van der Waals surface area (Å²) in [6, 6.07) is 10.1. The molecule has 0 spiro atoms. The second kappa shape index (κ2) is 8.01. The number of hydrogen-bond acceptors (Lipinski definition) is 4. The molecule has 4 aliphatic carbocycles. The summed E-state index contributed by atoms with van der Waals surface area (Å²) in [5.41, 5.74) is 6.89. The van der Waals surface area contributed by atoms with Crippen LogP contribution in [0.15, 0.2) is 30.3 Å². The van der Waals surface area contributed by atoms with E-state index < -0.39 is 12.7 Å². The summed E-state index contributed by atoms with van der Waals surface area (Å²) < 4.78 is 13.2. The molecule has 5 aliphatic rings. The van der Waals surface area contributed by atoms with Crippen molar-refractivity contribution in [3.63, 3.8) is 0 Å². The van der Waals surface area contributed by atoms with Gasteiger partial charge in [0.2, 0.25) is 5.91 Å². The molecule has 5 nitrogen and oxygen atoms in total. The van der Waals surface area contributed by atoms with Crippen LogP contribution in [-0.2, 0) is 14.1 Å². The Bertz CT molecular complexity index is 868. The van der Waals surface area contributed by atoms with Crippen molar-refractivity contribution < 1.29 is 14.1 Å². The van der Waals surface area contributed by atoms with Crippen LogP contribution in [0.25, 0.3) is 0 Å². The van der Waals surface area contributed by atoms with E-state index in [4.69, 9.17) is 15.0 Å². The summed E-state index contributed by atoms with van der Waals surface area (Å²) in [4.78, 5) is 13.3. The highest BCUT2D eigenvalue weighted by Crippen LogP contribution is 2.65. The van der Waals surface area contributed by atoms with E-state index in [1.165, 1.54) is 6.42 Å². The lowest BCUT2D eigenvalue weighted by Crippen LogP contribution is -2.65. The SMILES string of the molecule is CC(C)C[C@H](NC(=O)[C@]1(N)C[C@H]1c1ccccc1)B1O[C@@H]2C[C@@H]3C[C@@H](C3(C)C)[C@]2(C)O1.Cl. The van der Waals surface area contributed by atoms with Crippen molar-refractivity contribution in [2.75, 3.05) is 0 Å². The number of hydrogen-bond donors (Lipinski definition) is 2. The van der Waals surface area contributed by atoms with Gasteiger partial charge >= 0.3 is 7.12 Å². The Balaban J connectivity index is 0.00000245. The van der Waals surface area contributed by atoms with Crippen LogP contribution < -0.4 is 11.1 Å². The van der Waals surface area contributed by atoms with Crippen LogP contribution in [0.5, 0.6) is 0 Å². The zero-order valence-electron chi connectivity index (χ0n) is 20.0. The van der Waals surface area contributed by atoms with Gasteiger partial charge < -0.3 is 20.4 Å². The number of carbonyl (C=O) groups excluding carboxylic acids is 1. The van der Waals surface area contributed by atoms with Crippen LogP contribution in [-0.4, -0.2) is 36.2 Å². The zero-order valence-corrected chi connectivity index (χ0v) is 20.8. The molecule has 1 aromatic rings. The summed E-state index contributed by atoms with van der Waals surface area (Å²) >= 11 is 0. The first-order valence-electron chi connectivity index (χ1n) is 12.0. The standard InChI is InChI=1S/C25H37BN2O3.ClH/c1-15(2)11-21(28-22(29)25(27)14-18(25)16-9-7-6-8-10-16)26-30-20-13-17-12-19(23(17,3)4)24(20,5)31-26;/h6-10,15,17-21H,11-14,27H2,1-5H3,(H,28,29);1H/t17-,18-,19-,20+,21-,24-,25-;/m0./s1. The second-order valence-corrected chi connectivity index (χ2v) is 11.8. The molecule has 3 N–H and O–H groups in total. The van der Waals surface area contributed by atoms with E-state index in [1.54, 1.807) is 0 Å². The van der Waals surface area contributed by atoms with E-state index in [-0.39, 0.29) is 41.9 Å². The zero-order chi connectivity index (χ0) is 22.2. The minimum absolute atomic E-state index is 0. The van der Waals surface area contributed by atoms with Crippen LogP contribution in [0.3, 0.4) is 0 Å². The van der Waals surface area contributed by atoms with Crippen LogP contribution in [0.2, 0.25) is 0 Å². The first kappa shape index (κ1) is 24.1. The lowest BCUT2D eigenvalue weighted by Gasteiger charge is -2.64.